The minimum Gasteiger partial charge on any atom is -0.406 e. The molecule has 1 saturated heterocycles. The van der Waals surface area contributed by atoms with Gasteiger partial charge in [0.15, 0.2) is 0 Å². The number of nitrogens with zero attached hydrogens (tertiary/aromatic N) is 1. The van der Waals surface area contributed by atoms with Gasteiger partial charge in [0, 0.05) is 26.2 Å². The Hall–Kier alpha value is -1.02. The number of morpholine rings is 1. The summed E-state index contributed by atoms with van der Waals surface area (Å²) in [6.45, 7) is 3.27. The van der Waals surface area contributed by atoms with Crippen LogP contribution in [-0.4, -0.2) is 43.6 Å². The van der Waals surface area contributed by atoms with Crippen LogP contribution in [0.2, 0.25) is 0 Å². The number of benzene rings is 1. The summed E-state index contributed by atoms with van der Waals surface area (Å²) in [7, 11) is 0. The highest BCUT2D eigenvalue weighted by molar-refractivity contribution is 5.85. The molecule has 1 aromatic carbocycles. The third kappa shape index (κ3) is 6.09. The van der Waals surface area contributed by atoms with Crippen LogP contribution in [-0.2, 0) is 11.3 Å². The van der Waals surface area contributed by atoms with Crippen molar-refractivity contribution in [2.75, 3.05) is 26.2 Å². The summed E-state index contributed by atoms with van der Waals surface area (Å²) < 4.78 is 45.4. The van der Waals surface area contributed by atoms with E-state index in [9.17, 15) is 13.2 Å². The summed E-state index contributed by atoms with van der Waals surface area (Å²) in [6, 6.07) is 5.91. The van der Waals surface area contributed by atoms with Crippen molar-refractivity contribution in [2.45, 2.75) is 19.0 Å². The molecule has 2 rings (SSSR count). The Morgan fingerprint density at radius 3 is 2.52 bits per heavy atom. The third-order valence-electron chi connectivity index (χ3n) is 3.05. The van der Waals surface area contributed by atoms with Crippen molar-refractivity contribution in [1.29, 1.82) is 0 Å². The standard InChI is InChI=1S/C13H17F3N2O2.ClH/c14-13(15,16)20-11-3-1-10(2-4-11)8-18-5-6-19-12(7-17)9-18;/h1-4,12H,5-9,17H2;1H. The van der Waals surface area contributed by atoms with E-state index in [1.807, 2.05) is 0 Å². The van der Waals surface area contributed by atoms with Gasteiger partial charge in [-0.1, -0.05) is 12.1 Å². The lowest BCUT2D eigenvalue weighted by molar-refractivity contribution is -0.274. The highest BCUT2D eigenvalue weighted by Crippen LogP contribution is 2.23. The fraction of sp³-hybridized carbons (Fsp3) is 0.538. The molecule has 0 aromatic heterocycles. The lowest BCUT2D eigenvalue weighted by Gasteiger charge is -2.32. The molecule has 1 unspecified atom stereocenters. The van der Waals surface area contributed by atoms with E-state index < -0.39 is 6.36 Å². The van der Waals surface area contributed by atoms with Gasteiger partial charge in [-0.2, -0.15) is 0 Å². The molecular formula is C13H18ClF3N2O2. The van der Waals surface area contributed by atoms with Gasteiger partial charge in [0.2, 0.25) is 0 Å². The van der Waals surface area contributed by atoms with E-state index in [1.54, 1.807) is 12.1 Å². The molecule has 0 bridgehead atoms. The summed E-state index contributed by atoms with van der Waals surface area (Å²) in [5.41, 5.74) is 6.49. The first kappa shape index (κ1) is 18.0. The van der Waals surface area contributed by atoms with Gasteiger partial charge < -0.3 is 15.2 Å². The Morgan fingerprint density at radius 2 is 1.95 bits per heavy atom. The lowest BCUT2D eigenvalue weighted by Crippen LogP contribution is -2.45. The van der Waals surface area contributed by atoms with E-state index in [0.29, 0.717) is 19.7 Å². The van der Waals surface area contributed by atoms with Crippen LogP contribution in [0.5, 0.6) is 5.75 Å². The topological polar surface area (TPSA) is 47.7 Å². The average Bonchev–Trinajstić information content (AvgIpc) is 2.40. The first-order chi connectivity index (χ1) is 9.46. The van der Waals surface area contributed by atoms with Crippen LogP contribution < -0.4 is 10.5 Å². The monoisotopic (exact) mass is 326 g/mol. The van der Waals surface area contributed by atoms with Gasteiger partial charge in [0.25, 0.3) is 0 Å². The Morgan fingerprint density at radius 1 is 1.29 bits per heavy atom. The van der Waals surface area contributed by atoms with Crippen LogP contribution in [0, 0.1) is 0 Å². The molecule has 1 aromatic rings. The molecule has 0 aliphatic carbocycles. The van der Waals surface area contributed by atoms with Crippen molar-refractivity contribution in [1.82, 2.24) is 4.90 Å². The second kappa shape index (κ2) is 7.84. The molecule has 1 atom stereocenters. The predicted octanol–water partition coefficient (Wildman–Crippen LogP) is 2.17. The normalized spacial score (nSPS) is 19.9. The number of hydrogen-bond donors (Lipinski definition) is 1. The molecule has 1 heterocycles. The highest BCUT2D eigenvalue weighted by Gasteiger charge is 2.31. The first-order valence-corrected chi connectivity index (χ1v) is 6.35. The van der Waals surface area contributed by atoms with Crippen molar-refractivity contribution in [3.05, 3.63) is 29.8 Å². The molecule has 0 spiro atoms. The number of ether oxygens (including phenoxy) is 2. The second-order valence-electron chi connectivity index (χ2n) is 4.66. The minimum atomic E-state index is -4.65. The molecule has 0 amide bonds. The zero-order valence-corrected chi connectivity index (χ0v) is 12.1. The Labute approximate surface area is 127 Å². The number of alkyl halides is 3. The van der Waals surface area contributed by atoms with Gasteiger partial charge in [-0.3, -0.25) is 4.90 Å². The van der Waals surface area contributed by atoms with Gasteiger partial charge >= 0.3 is 6.36 Å². The molecule has 0 radical (unpaired) electrons. The molecule has 1 aliphatic rings. The summed E-state index contributed by atoms with van der Waals surface area (Å²) >= 11 is 0. The van der Waals surface area contributed by atoms with Gasteiger partial charge in [-0.25, -0.2) is 0 Å². The summed E-state index contributed by atoms with van der Waals surface area (Å²) in [4.78, 5) is 2.17. The number of nitrogens with two attached hydrogens (primary N) is 1. The Kier molecular flexibility index (Phi) is 6.73. The van der Waals surface area contributed by atoms with Crippen molar-refractivity contribution in [3.63, 3.8) is 0 Å². The molecule has 8 heteroatoms. The molecular weight excluding hydrogens is 309 g/mol. The van der Waals surface area contributed by atoms with Crippen molar-refractivity contribution in [2.24, 2.45) is 5.73 Å². The lowest BCUT2D eigenvalue weighted by atomic mass is 10.2. The van der Waals surface area contributed by atoms with Gasteiger partial charge in [-0.15, -0.1) is 25.6 Å². The first-order valence-electron chi connectivity index (χ1n) is 6.35. The smallest absolute Gasteiger partial charge is 0.406 e. The Bertz CT molecular complexity index is 428. The van der Waals surface area contributed by atoms with Gasteiger partial charge in [0.05, 0.1) is 12.7 Å². The number of rotatable bonds is 4. The quantitative estimate of drug-likeness (QED) is 0.921. The van der Waals surface area contributed by atoms with E-state index in [2.05, 4.69) is 9.64 Å². The van der Waals surface area contributed by atoms with E-state index >= 15 is 0 Å². The summed E-state index contributed by atoms with van der Waals surface area (Å²) in [5.74, 6) is -0.205. The molecule has 4 nitrogen and oxygen atoms in total. The maximum absolute atomic E-state index is 12.0. The zero-order valence-electron chi connectivity index (χ0n) is 11.3. The molecule has 120 valence electrons. The number of hydrogen-bond acceptors (Lipinski definition) is 4. The third-order valence-corrected chi connectivity index (χ3v) is 3.05. The molecule has 21 heavy (non-hydrogen) atoms. The summed E-state index contributed by atoms with van der Waals surface area (Å²) in [5, 5.41) is 0. The van der Waals surface area contributed by atoms with Crippen LogP contribution in [0.3, 0.4) is 0 Å². The number of halogens is 4. The van der Waals surface area contributed by atoms with Crippen molar-refractivity contribution >= 4 is 12.4 Å². The second-order valence-corrected chi connectivity index (χ2v) is 4.66. The average molecular weight is 327 g/mol. The van der Waals surface area contributed by atoms with Crippen LogP contribution in [0.4, 0.5) is 13.2 Å². The SMILES string of the molecule is Cl.NCC1CN(Cc2ccc(OC(F)(F)F)cc2)CCO1. The summed E-state index contributed by atoms with van der Waals surface area (Å²) in [6.07, 6.45) is -4.63. The van der Waals surface area contributed by atoms with Gasteiger partial charge in [0.1, 0.15) is 5.75 Å². The fourth-order valence-corrected chi connectivity index (χ4v) is 2.12. The minimum absolute atomic E-state index is 0. The van der Waals surface area contributed by atoms with E-state index in [1.165, 1.54) is 12.1 Å². The molecule has 0 saturated carbocycles. The van der Waals surface area contributed by atoms with Crippen LogP contribution in [0.1, 0.15) is 5.56 Å². The van der Waals surface area contributed by atoms with E-state index in [0.717, 1.165) is 18.7 Å². The molecule has 2 N–H and O–H groups in total. The van der Waals surface area contributed by atoms with Crippen LogP contribution >= 0.6 is 12.4 Å². The maximum atomic E-state index is 12.0. The van der Waals surface area contributed by atoms with Crippen molar-refractivity contribution in [3.8, 4) is 5.75 Å². The highest BCUT2D eigenvalue weighted by atomic mass is 35.5. The van der Waals surface area contributed by atoms with E-state index in [-0.39, 0.29) is 24.3 Å². The van der Waals surface area contributed by atoms with E-state index in [4.69, 9.17) is 10.5 Å². The van der Waals surface area contributed by atoms with Crippen LogP contribution in [0.25, 0.3) is 0 Å². The fourth-order valence-electron chi connectivity index (χ4n) is 2.12. The van der Waals surface area contributed by atoms with Crippen LogP contribution in [0.15, 0.2) is 24.3 Å². The molecule has 1 fully saturated rings. The Balaban J connectivity index is 0.00000220. The zero-order chi connectivity index (χ0) is 14.6. The largest absolute Gasteiger partial charge is 0.573 e. The maximum Gasteiger partial charge on any atom is 0.573 e. The van der Waals surface area contributed by atoms with Crippen molar-refractivity contribution < 1.29 is 22.6 Å². The predicted molar refractivity (Wildman–Crippen MR) is 74.4 cm³/mol. The van der Waals surface area contributed by atoms with Gasteiger partial charge in [-0.05, 0) is 17.7 Å². The molecule has 1 aliphatic heterocycles.